The van der Waals surface area contributed by atoms with Crippen LogP contribution in [0.4, 0.5) is 5.13 Å². The first-order valence-electron chi connectivity index (χ1n) is 5.93. The number of amides is 1. The summed E-state index contributed by atoms with van der Waals surface area (Å²) < 4.78 is 1.80. The van der Waals surface area contributed by atoms with Crippen molar-refractivity contribution in [3.05, 3.63) is 39.9 Å². The number of hydrogen-bond donors (Lipinski definition) is 1. The summed E-state index contributed by atoms with van der Waals surface area (Å²) in [6.07, 6.45) is 3.57. The van der Waals surface area contributed by atoms with E-state index in [-0.39, 0.29) is 5.91 Å². The minimum Gasteiger partial charge on any atom is -0.346 e. The highest BCUT2D eigenvalue weighted by Gasteiger charge is 2.14. The van der Waals surface area contributed by atoms with Crippen molar-refractivity contribution >= 4 is 33.7 Å². The zero-order valence-electron chi connectivity index (χ0n) is 11.0. The lowest BCUT2D eigenvalue weighted by Crippen LogP contribution is -2.14. The number of hydrogen-bond acceptors (Lipinski definition) is 5. The highest BCUT2D eigenvalue weighted by molar-refractivity contribution is 7.13. The Hall–Kier alpha value is -1.99. The fraction of sp³-hybridized carbons (Fsp3) is 0.154. The molecule has 0 aromatic carbocycles. The summed E-state index contributed by atoms with van der Waals surface area (Å²) in [6, 6.07) is 1.84. The van der Waals surface area contributed by atoms with Crippen LogP contribution in [0.3, 0.4) is 0 Å². The molecule has 3 aromatic heterocycles. The molecule has 0 spiro atoms. The first kappa shape index (κ1) is 13.0. The van der Waals surface area contributed by atoms with E-state index >= 15 is 0 Å². The van der Waals surface area contributed by atoms with Crippen molar-refractivity contribution in [1.29, 1.82) is 0 Å². The molecule has 0 aliphatic heterocycles. The molecule has 20 heavy (non-hydrogen) atoms. The molecule has 0 aliphatic rings. The van der Waals surface area contributed by atoms with E-state index in [1.54, 1.807) is 22.1 Å². The average Bonchev–Trinajstić information content (AvgIpc) is 3.10. The van der Waals surface area contributed by atoms with E-state index in [2.05, 4.69) is 15.3 Å². The first-order chi connectivity index (χ1) is 9.63. The number of carbonyl (C=O) groups is 1. The summed E-state index contributed by atoms with van der Waals surface area (Å²) in [6.45, 7) is 1.97. The summed E-state index contributed by atoms with van der Waals surface area (Å²) in [5.74, 6) is -0.166. The number of nitrogens with zero attached hydrogens (tertiary/aromatic N) is 3. The maximum absolute atomic E-state index is 12.2. The second-order valence-corrected chi connectivity index (χ2v) is 6.22. The summed E-state index contributed by atoms with van der Waals surface area (Å²) in [4.78, 5) is 20.7. The van der Waals surface area contributed by atoms with Gasteiger partial charge < -0.3 is 4.57 Å². The van der Waals surface area contributed by atoms with Gasteiger partial charge in [-0.2, -0.15) is 0 Å². The molecule has 102 valence electrons. The number of rotatable bonds is 3. The molecule has 7 heteroatoms. The number of anilines is 1. The van der Waals surface area contributed by atoms with Crippen LogP contribution in [0.2, 0.25) is 0 Å². The summed E-state index contributed by atoms with van der Waals surface area (Å²) in [5, 5.41) is 8.21. The van der Waals surface area contributed by atoms with Gasteiger partial charge in [0.25, 0.3) is 5.91 Å². The zero-order valence-corrected chi connectivity index (χ0v) is 12.6. The standard InChI is InChI=1S/C13H12N4OS2/c1-8-15-10(7-20-8)9-5-11(17(2)6-9)12(18)16-13-14-3-4-19-13/h3-7H,1-2H3,(H,14,16,18). The van der Waals surface area contributed by atoms with Crippen LogP contribution in [0, 0.1) is 6.92 Å². The molecule has 1 amide bonds. The van der Waals surface area contributed by atoms with Gasteiger partial charge >= 0.3 is 0 Å². The van der Waals surface area contributed by atoms with Crippen molar-refractivity contribution < 1.29 is 4.79 Å². The zero-order chi connectivity index (χ0) is 14.1. The predicted molar refractivity (Wildman–Crippen MR) is 81.3 cm³/mol. The van der Waals surface area contributed by atoms with Crippen LogP contribution in [0.25, 0.3) is 11.3 Å². The summed E-state index contributed by atoms with van der Waals surface area (Å²) >= 11 is 2.99. The third kappa shape index (κ3) is 2.50. The van der Waals surface area contributed by atoms with Gasteiger partial charge in [0.1, 0.15) is 5.69 Å². The average molecular weight is 304 g/mol. The van der Waals surface area contributed by atoms with Crippen LogP contribution in [0.5, 0.6) is 0 Å². The first-order valence-corrected chi connectivity index (χ1v) is 7.69. The molecule has 5 nitrogen and oxygen atoms in total. The van der Waals surface area contributed by atoms with Crippen molar-refractivity contribution in [2.24, 2.45) is 7.05 Å². The van der Waals surface area contributed by atoms with Crippen LogP contribution in [-0.2, 0) is 7.05 Å². The molecular formula is C13H12N4OS2. The van der Waals surface area contributed by atoms with Gasteiger partial charge in [0, 0.05) is 35.8 Å². The number of aryl methyl sites for hydroxylation is 2. The van der Waals surface area contributed by atoms with E-state index in [4.69, 9.17) is 0 Å². The van der Waals surface area contributed by atoms with Gasteiger partial charge in [0.15, 0.2) is 5.13 Å². The molecule has 0 fully saturated rings. The van der Waals surface area contributed by atoms with Crippen LogP contribution >= 0.6 is 22.7 Å². The molecule has 0 bridgehead atoms. The molecule has 0 saturated carbocycles. The number of nitrogens with one attached hydrogen (secondary N) is 1. The summed E-state index contributed by atoms with van der Waals surface area (Å²) in [7, 11) is 1.85. The SMILES string of the molecule is Cc1nc(-c2cc(C(=O)Nc3nccs3)n(C)c2)cs1. The normalized spacial score (nSPS) is 10.7. The Labute approximate surface area is 123 Å². The Morgan fingerprint density at radius 3 is 2.90 bits per heavy atom. The van der Waals surface area contributed by atoms with E-state index in [0.717, 1.165) is 16.3 Å². The van der Waals surface area contributed by atoms with E-state index in [9.17, 15) is 4.79 Å². The van der Waals surface area contributed by atoms with Gasteiger partial charge in [-0.05, 0) is 13.0 Å². The Bertz CT molecular complexity index is 742. The molecule has 3 heterocycles. The van der Waals surface area contributed by atoms with Crippen LogP contribution in [0.15, 0.2) is 29.2 Å². The van der Waals surface area contributed by atoms with Crippen LogP contribution in [-0.4, -0.2) is 20.4 Å². The van der Waals surface area contributed by atoms with Crippen LogP contribution < -0.4 is 5.32 Å². The molecule has 0 saturated heterocycles. The minimum atomic E-state index is -0.166. The second kappa shape index (κ2) is 5.18. The molecular weight excluding hydrogens is 292 g/mol. The van der Waals surface area contributed by atoms with Crippen molar-refractivity contribution in [1.82, 2.24) is 14.5 Å². The lowest BCUT2D eigenvalue weighted by atomic mass is 10.2. The van der Waals surface area contributed by atoms with Gasteiger partial charge in [0.05, 0.1) is 10.7 Å². The predicted octanol–water partition coefficient (Wildman–Crippen LogP) is 3.17. The van der Waals surface area contributed by atoms with Gasteiger partial charge in [0.2, 0.25) is 0 Å². The van der Waals surface area contributed by atoms with Crippen molar-refractivity contribution in [2.75, 3.05) is 5.32 Å². The van der Waals surface area contributed by atoms with Crippen molar-refractivity contribution in [3.63, 3.8) is 0 Å². The van der Waals surface area contributed by atoms with Crippen molar-refractivity contribution in [3.8, 4) is 11.3 Å². The number of aromatic nitrogens is 3. The quantitative estimate of drug-likeness (QED) is 0.808. The van der Waals surface area contributed by atoms with E-state index in [0.29, 0.717) is 10.8 Å². The third-order valence-corrected chi connectivity index (χ3v) is 4.27. The minimum absolute atomic E-state index is 0.166. The van der Waals surface area contributed by atoms with Gasteiger partial charge in [-0.1, -0.05) is 0 Å². The topological polar surface area (TPSA) is 59.8 Å². The largest absolute Gasteiger partial charge is 0.346 e. The van der Waals surface area contributed by atoms with Gasteiger partial charge in [-0.15, -0.1) is 22.7 Å². The molecule has 3 rings (SSSR count). The fourth-order valence-electron chi connectivity index (χ4n) is 1.87. The Morgan fingerprint density at radius 1 is 1.40 bits per heavy atom. The second-order valence-electron chi connectivity index (χ2n) is 4.27. The monoisotopic (exact) mass is 304 g/mol. The third-order valence-electron chi connectivity index (χ3n) is 2.81. The molecule has 3 aromatic rings. The van der Waals surface area contributed by atoms with E-state index < -0.39 is 0 Å². The Balaban J connectivity index is 1.87. The molecule has 0 aliphatic carbocycles. The Kier molecular flexibility index (Phi) is 3.37. The number of thiazole rings is 2. The summed E-state index contributed by atoms with van der Waals surface area (Å²) in [5.41, 5.74) is 2.43. The molecule has 0 unspecified atom stereocenters. The smallest absolute Gasteiger partial charge is 0.274 e. The molecule has 0 radical (unpaired) electrons. The van der Waals surface area contributed by atoms with Crippen molar-refractivity contribution in [2.45, 2.75) is 6.92 Å². The van der Waals surface area contributed by atoms with E-state index in [1.165, 1.54) is 11.3 Å². The maximum Gasteiger partial charge on any atom is 0.274 e. The fourth-order valence-corrected chi connectivity index (χ4v) is 3.02. The van der Waals surface area contributed by atoms with Crippen LogP contribution in [0.1, 0.15) is 15.5 Å². The lowest BCUT2D eigenvalue weighted by molar-refractivity contribution is 0.101. The van der Waals surface area contributed by atoms with E-state index in [1.807, 2.05) is 37.0 Å². The highest BCUT2D eigenvalue weighted by atomic mass is 32.1. The van der Waals surface area contributed by atoms with Gasteiger partial charge in [-0.25, -0.2) is 9.97 Å². The molecule has 1 N–H and O–H groups in total. The number of carbonyl (C=O) groups excluding carboxylic acids is 1. The Morgan fingerprint density at radius 2 is 2.25 bits per heavy atom. The van der Waals surface area contributed by atoms with Gasteiger partial charge in [-0.3, -0.25) is 10.1 Å². The highest BCUT2D eigenvalue weighted by Crippen LogP contribution is 2.24. The molecule has 0 atom stereocenters. The lowest BCUT2D eigenvalue weighted by Gasteiger charge is -2.01. The maximum atomic E-state index is 12.2.